The molecule has 18 heavy (non-hydrogen) atoms. The van der Waals surface area contributed by atoms with Gasteiger partial charge in [-0.05, 0) is 19.3 Å². The highest BCUT2D eigenvalue weighted by Gasteiger charge is 2.55. The van der Waals surface area contributed by atoms with E-state index in [2.05, 4.69) is 6.92 Å². The molecule has 0 aromatic heterocycles. The predicted molar refractivity (Wildman–Crippen MR) is 72.5 cm³/mol. The van der Waals surface area contributed by atoms with Crippen molar-refractivity contribution in [1.29, 1.82) is 0 Å². The maximum absolute atomic E-state index is 11.0. The van der Waals surface area contributed by atoms with Crippen molar-refractivity contribution in [2.75, 3.05) is 0 Å². The SMILES string of the molecule is CCCCCCCCCCC(O)C1(C(=O)O)CC1. The Kier molecular flexibility index (Phi) is 6.69. The quantitative estimate of drug-likeness (QED) is 0.554. The number of unbranched alkanes of at least 4 members (excludes halogenated alkanes) is 7. The minimum Gasteiger partial charge on any atom is -0.481 e. The summed E-state index contributed by atoms with van der Waals surface area (Å²) in [6, 6.07) is 0. The Labute approximate surface area is 111 Å². The molecular weight excluding hydrogens is 228 g/mol. The molecule has 0 aromatic carbocycles. The molecule has 0 saturated heterocycles. The molecule has 1 rings (SSSR count). The van der Waals surface area contributed by atoms with Crippen LogP contribution in [-0.4, -0.2) is 22.3 Å². The zero-order chi connectivity index (χ0) is 13.4. The van der Waals surface area contributed by atoms with E-state index in [1.54, 1.807) is 0 Å². The minimum atomic E-state index is -0.811. The Bertz CT molecular complexity index is 246. The van der Waals surface area contributed by atoms with Crippen molar-refractivity contribution >= 4 is 5.97 Å². The van der Waals surface area contributed by atoms with Gasteiger partial charge in [0.2, 0.25) is 0 Å². The molecular formula is C15H28O3. The van der Waals surface area contributed by atoms with Gasteiger partial charge in [-0.3, -0.25) is 4.79 Å². The molecule has 3 nitrogen and oxygen atoms in total. The van der Waals surface area contributed by atoms with Crippen LogP contribution < -0.4 is 0 Å². The lowest BCUT2D eigenvalue weighted by atomic mass is 9.94. The first-order chi connectivity index (χ1) is 8.63. The Morgan fingerprint density at radius 3 is 2.00 bits per heavy atom. The molecule has 1 atom stereocenters. The first kappa shape index (κ1) is 15.5. The van der Waals surface area contributed by atoms with Gasteiger partial charge in [-0.15, -0.1) is 0 Å². The molecule has 0 heterocycles. The van der Waals surface area contributed by atoms with Gasteiger partial charge >= 0.3 is 5.97 Å². The van der Waals surface area contributed by atoms with Gasteiger partial charge in [-0.2, -0.15) is 0 Å². The van der Waals surface area contributed by atoms with Gasteiger partial charge in [0.15, 0.2) is 0 Å². The van der Waals surface area contributed by atoms with Crippen molar-refractivity contribution < 1.29 is 15.0 Å². The van der Waals surface area contributed by atoms with Crippen LogP contribution in [0.1, 0.15) is 77.6 Å². The van der Waals surface area contributed by atoms with E-state index in [-0.39, 0.29) is 0 Å². The van der Waals surface area contributed by atoms with Crippen LogP contribution in [0.2, 0.25) is 0 Å². The average Bonchev–Trinajstić information content (AvgIpc) is 3.13. The Hall–Kier alpha value is -0.570. The molecule has 1 aliphatic carbocycles. The summed E-state index contributed by atoms with van der Waals surface area (Å²) < 4.78 is 0. The van der Waals surface area contributed by atoms with E-state index in [1.165, 1.54) is 38.5 Å². The maximum atomic E-state index is 11.0. The molecule has 0 amide bonds. The third-order valence-electron chi connectivity index (χ3n) is 4.18. The van der Waals surface area contributed by atoms with Gasteiger partial charge in [0.05, 0.1) is 11.5 Å². The highest BCUT2D eigenvalue weighted by Crippen LogP contribution is 2.50. The van der Waals surface area contributed by atoms with Crippen LogP contribution in [0.25, 0.3) is 0 Å². The zero-order valence-electron chi connectivity index (χ0n) is 11.7. The number of aliphatic hydroxyl groups is 1. The van der Waals surface area contributed by atoms with Crippen molar-refractivity contribution in [3.8, 4) is 0 Å². The van der Waals surface area contributed by atoms with Gasteiger partial charge in [0.1, 0.15) is 0 Å². The third kappa shape index (κ3) is 4.60. The van der Waals surface area contributed by atoms with Crippen LogP contribution in [0.5, 0.6) is 0 Å². The van der Waals surface area contributed by atoms with Gasteiger partial charge in [0.25, 0.3) is 0 Å². The maximum Gasteiger partial charge on any atom is 0.312 e. The second-order valence-corrected chi connectivity index (χ2v) is 5.74. The number of carbonyl (C=O) groups is 1. The van der Waals surface area contributed by atoms with Crippen molar-refractivity contribution in [2.45, 2.75) is 83.7 Å². The fraction of sp³-hybridized carbons (Fsp3) is 0.933. The van der Waals surface area contributed by atoms with Crippen LogP contribution in [0, 0.1) is 5.41 Å². The van der Waals surface area contributed by atoms with E-state index in [9.17, 15) is 9.90 Å². The van der Waals surface area contributed by atoms with E-state index in [0.717, 1.165) is 12.8 Å². The van der Waals surface area contributed by atoms with Gasteiger partial charge in [-0.1, -0.05) is 58.3 Å². The normalized spacial score (nSPS) is 18.6. The van der Waals surface area contributed by atoms with Crippen molar-refractivity contribution in [1.82, 2.24) is 0 Å². The molecule has 0 spiro atoms. The highest BCUT2D eigenvalue weighted by molar-refractivity contribution is 5.78. The third-order valence-corrected chi connectivity index (χ3v) is 4.18. The number of carboxylic acid groups (broad SMARTS) is 1. The van der Waals surface area contributed by atoms with E-state index in [0.29, 0.717) is 19.3 Å². The Morgan fingerprint density at radius 1 is 1.06 bits per heavy atom. The molecule has 0 aromatic rings. The van der Waals surface area contributed by atoms with Gasteiger partial charge in [-0.25, -0.2) is 0 Å². The van der Waals surface area contributed by atoms with Crippen LogP contribution >= 0.6 is 0 Å². The van der Waals surface area contributed by atoms with Crippen LogP contribution in [0.4, 0.5) is 0 Å². The lowest BCUT2D eigenvalue weighted by Crippen LogP contribution is -2.29. The molecule has 3 heteroatoms. The summed E-state index contributed by atoms with van der Waals surface area (Å²) in [6.07, 6.45) is 11.2. The number of hydrogen-bond donors (Lipinski definition) is 2. The molecule has 1 saturated carbocycles. The van der Waals surface area contributed by atoms with Crippen LogP contribution in [0.15, 0.2) is 0 Å². The fourth-order valence-corrected chi connectivity index (χ4v) is 2.57. The molecule has 1 unspecified atom stereocenters. The van der Waals surface area contributed by atoms with Crippen LogP contribution in [0.3, 0.4) is 0 Å². The van der Waals surface area contributed by atoms with E-state index < -0.39 is 17.5 Å². The molecule has 0 aliphatic heterocycles. The second kappa shape index (κ2) is 7.78. The summed E-state index contributed by atoms with van der Waals surface area (Å²) in [5.41, 5.74) is -0.777. The standard InChI is InChI=1S/C15H28O3/c1-2-3-4-5-6-7-8-9-10-13(16)15(11-12-15)14(17)18/h13,16H,2-12H2,1H3,(H,17,18). The first-order valence-electron chi connectivity index (χ1n) is 7.55. The second-order valence-electron chi connectivity index (χ2n) is 5.74. The summed E-state index contributed by atoms with van der Waals surface area (Å²) in [6.45, 7) is 2.22. The molecule has 1 aliphatic rings. The summed E-state index contributed by atoms with van der Waals surface area (Å²) in [5, 5.41) is 18.9. The predicted octanol–water partition coefficient (Wildman–Crippen LogP) is 3.74. The lowest BCUT2D eigenvalue weighted by Gasteiger charge is -2.17. The van der Waals surface area contributed by atoms with E-state index >= 15 is 0 Å². The number of aliphatic hydroxyl groups excluding tert-OH is 1. The summed E-state index contributed by atoms with van der Waals surface area (Å²) in [4.78, 5) is 11.0. The number of rotatable bonds is 11. The van der Waals surface area contributed by atoms with E-state index in [4.69, 9.17) is 5.11 Å². The van der Waals surface area contributed by atoms with Gasteiger partial charge < -0.3 is 10.2 Å². The van der Waals surface area contributed by atoms with Crippen molar-refractivity contribution in [3.05, 3.63) is 0 Å². The Balaban J connectivity index is 1.96. The van der Waals surface area contributed by atoms with Crippen LogP contribution in [-0.2, 0) is 4.79 Å². The van der Waals surface area contributed by atoms with Crippen molar-refractivity contribution in [2.24, 2.45) is 5.41 Å². The Morgan fingerprint density at radius 2 is 1.56 bits per heavy atom. The summed E-state index contributed by atoms with van der Waals surface area (Å²) >= 11 is 0. The largest absolute Gasteiger partial charge is 0.481 e. The van der Waals surface area contributed by atoms with E-state index in [1.807, 2.05) is 0 Å². The molecule has 106 valence electrons. The highest BCUT2D eigenvalue weighted by atomic mass is 16.4. The van der Waals surface area contributed by atoms with Crippen molar-refractivity contribution in [3.63, 3.8) is 0 Å². The fourth-order valence-electron chi connectivity index (χ4n) is 2.57. The summed E-state index contributed by atoms with van der Waals surface area (Å²) in [5.74, 6) is -0.811. The zero-order valence-corrected chi connectivity index (χ0v) is 11.7. The number of aliphatic carboxylic acids is 1. The number of hydrogen-bond acceptors (Lipinski definition) is 2. The molecule has 1 fully saturated rings. The molecule has 0 radical (unpaired) electrons. The molecule has 2 N–H and O–H groups in total. The van der Waals surface area contributed by atoms with Gasteiger partial charge in [0, 0.05) is 0 Å². The smallest absolute Gasteiger partial charge is 0.312 e. The monoisotopic (exact) mass is 256 g/mol. The summed E-state index contributed by atoms with van der Waals surface area (Å²) in [7, 11) is 0. The average molecular weight is 256 g/mol. The molecule has 0 bridgehead atoms. The minimum absolute atomic E-state index is 0.630. The topological polar surface area (TPSA) is 57.5 Å². The number of carboxylic acids is 1. The first-order valence-corrected chi connectivity index (χ1v) is 7.55. The lowest BCUT2D eigenvalue weighted by molar-refractivity contribution is -0.148.